The van der Waals surface area contributed by atoms with E-state index in [0.717, 1.165) is 18.8 Å². The monoisotopic (exact) mass is 229 g/mol. The number of benzene rings is 1. The van der Waals surface area contributed by atoms with E-state index in [1.54, 1.807) is 0 Å². The summed E-state index contributed by atoms with van der Waals surface area (Å²) in [4.78, 5) is 0. The van der Waals surface area contributed by atoms with E-state index >= 15 is 0 Å². The molecule has 2 rings (SSSR count). The second-order valence-corrected chi connectivity index (χ2v) is 4.43. The van der Waals surface area contributed by atoms with Gasteiger partial charge in [0.15, 0.2) is 0 Å². The predicted octanol–water partition coefficient (Wildman–Crippen LogP) is 3.13. The molecular formula is C14H19N3. The molecule has 0 amide bonds. The summed E-state index contributed by atoms with van der Waals surface area (Å²) in [6, 6.07) is 6.62. The van der Waals surface area contributed by atoms with Crippen molar-refractivity contribution in [3.63, 3.8) is 0 Å². The molecule has 0 unspecified atom stereocenters. The fraction of sp³-hybridized carbons (Fsp3) is 0.357. The number of aryl methyl sites for hydroxylation is 3. The number of rotatable bonds is 4. The molecule has 0 aliphatic carbocycles. The van der Waals surface area contributed by atoms with Gasteiger partial charge in [0.1, 0.15) is 0 Å². The highest BCUT2D eigenvalue weighted by Gasteiger charge is 1.98. The van der Waals surface area contributed by atoms with Crippen LogP contribution in [0.3, 0.4) is 0 Å². The van der Waals surface area contributed by atoms with Gasteiger partial charge < -0.3 is 5.32 Å². The van der Waals surface area contributed by atoms with Crippen molar-refractivity contribution in [1.29, 1.82) is 0 Å². The van der Waals surface area contributed by atoms with Gasteiger partial charge in [-0.25, -0.2) is 0 Å². The Bertz CT molecular complexity index is 480. The summed E-state index contributed by atoms with van der Waals surface area (Å²) in [7, 11) is 0. The van der Waals surface area contributed by atoms with E-state index < -0.39 is 0 Å². The fourth-order valence-electron chi connectivity index (χ4n) is 2.00. The number of nitrogens with one attached hydrogen (secondary N) is 1. The molecule has 0 spiro atoms. The minimum Gasteiger partial charge on any atom is -0.378 e. The van der Waals surface area contributed by atoms with E-state index in [-0.39, 0.29) is 0 Å². The molecule has 0 aliphatic heterocycles. The summed E-state index contributed by atoms with van der Waals surface area (Å²) in [5.74, 6) is 0. The molecule has 1 N–H and O–H groups in total. The highest BCUT2D eigenvalue weighted by atomic mass is 15.3. The third kappa shape index (κ3) is 3.09. The van der Waals surface area contributed by atoms with Gasteiger partial charge in [0.2, 0.25) is 0 Å². The number of anilines is 1. The van der Waals surface area contributed by atoms with Crippen molar-refractivity contribution >= 4 is 5.69 Å². The topological polar surface area (TPSA) is 29.9 Å². The van der Waals surface area contributed by atoms with Gasteiger partial charge in [0, 0.05) is 19.3 Å². The van der Waals surface area contributed by atoms with Crippen LogP contribution >= 0.6 is 0 Å². The minimum atomic E-state index is 0.845. The summed E-state index contributed by atoms with van der Waals surface area (Å²) in [5, 5.41) is 7.62. The first-order chi connectivity index (χ1) is 8.17. The lowest BCUT2D eigenvalue weighted by Crippen LogP contribution is -1.99. The normalized spacial score (nSPS) is 10.5. The summed E-state index contributed by atoms with van der Waals surface area (Å²) < 4.78 is 1.92. The van der Waals surface area contributed by atoms with Gasteiger partial charge in [0.05, 0.1) is 11.9 Å². The van der Waals surface area contributed by atoms with Crippen LogP contribution in [0.4, 0.5) is 5.69 Å². The summed E-state index contributed by atoms with van der Waals surface area (Å²) in [6.45, 7) is 8.10. The van der Waals surface area contributed by atoms with E-state index in [1.165, 1.54) is 16.7 Å². The maximum Gasteiger partial charge on any atom is 0.0729 e. The number of hydrogen-bond acceptors (Lipinski definition) is 2. The Hall–Kier alpha value is -1.77. The Labute approximate surface area is 102 Å². The molecule has 1 aromatic heterocycles. The van der Waals surface area contributed by atoms with Crippen LogP contribution in [0.25, 0.3) is 0 Å². The first-order valence-corrected chi connectivity index (χ1v) is 6.01. The third-order valence-corrected chi connectivity index (χ3v) is 2.74. The molecule has 0 fully saturated rings. The van der Waals surface area contributed by atoms with Gasteiger partial charge >= 0.3 is 0 Å². The maximum absolute atomic E-state index is 4.24. The van der Waals surface area contributed by atoms with Crippen molar-refractivity contribution in [2.24, 2.45) is 0 Å². The molecule has 0 radical (unpaired) electrons. The van der Waals surface area contributed by atoms with Crippen LogP contribution in [0, 0.1) is 13.8 Å². The van der Waals surface area contributed by atoms with Gasteiger partial charge in [-0.3, -0.25) is 4.68 Å². The quantitative estimate of drug-likeness (QED) is 0.873. The van der Waals surface area contributed by atoms with Crippen LogP contribution in [0.1, 0.15) is 23.6 Å². The zero-order chi connectivity index (χ0) is 12.3. The molecule has 90 valence electrons. The lowest BCUT2D eigenvalue weighted by Gasteiger charge is -2.06. The van der Waals surface area contributed by atoms with E-state index in [2.05, 4.69) is 49.4 Å². The molecule has 3 nitrogen and oxygen atoms in total. The van der Waals surface area contributed by atoms with Crippen molar-refractivity contribution in [3.05, 3.63) is 47.3 Å². The van der Waals surface area contributed by atoms with Crippen molar-refractivity contribution in [1.82, 2.24) is 9.78 Å². The Balaban J connectivity index is 2.01. The van der Waals surface area contributed by atoms with E-state index in [0.29, 0.717) is 0 Å². The van der Waals surface area contributed by atoms with Gasteiger partial charge in [0.25, 0.3) is 0 Å². The first-order valence-electron chi connectivity index (χ1n) is 6.01. The zero-order valence-electron chi connectivity index (χ0n) is 10.7. The molecule has 3 heteroatoms. The summed E-state index contributed by atoms with van der Waals surface area (Å²) in [5.41, 5.74) is 5.01. The van der Waals surface area contributed by atoms with Crippen LogP contribution in [-0.2, 0) is 13.1 Å². The second kappa shape index (κ2) is 5.04. The largest absolute Gasteiger partial charge is 0.378 e. The van der Waals surface area contributed by atoms with E-state index in [9.17, 15) is 0 Å². The molecule has 0 aliphatic rings. The van der Waals surface area contributed by atoms with Crippen LogP contribution in [-0.4, -0.2) is 9.78 Å². The van der Waals surface area contributed by atoms with Crippen LogP contribution in [0.2, 0.25) is 0 Å². The van der Waals surface area contributed by atoms with Gasteiger partial charge in [-0.1, -0.05) is 29.3 Å². The SMILES string of the molecule is CCn1cc(NCc2cc(C)cc(C)c2)cn1. The Morgan fingerprint density at radius 3 is 2.47 bits per heavy atom. The smallest absolute Gasteiger partial charge is 0.0729 e. The standard InChI is InChI=1S/C14H19N3/c1-4-17-10-14(9-16-17)15-8-13-6-11(2)5-12(3)7-13/h5-7,9-10,15H,4,8H2,1-3H3. The number of nitrogens with zero attached hydrogens (tertiary/aromatic N) is 2. The lowest BCUT2D eigenvalue weighted by molar-refractivity contribution is 0.660. The van der Waals surface area contributed by atoms with Crippen molar-refractivity contribution in [2.75, 3.05) is 5.32 Å². The molecule has 0 saturated carbocycles. The average molecular weight is 229 g/mol. The van der Waals surface area contributed by atoms with Crippen molar-refractivity contribution in [2.45, 2.75) is 33.9 Å². The zero-order valence-corrected chi connectivity index (χ0v) is 10.7. The van der Waals surface area contributed by atoms with E-state index in [1.807, 2.05) is 17.1 Å². The molecule has 0 saturated heterocycles. The van der Waals surface area contributed by atoms with E-state index in [4.69, 9.17) is 0 Å². The van der Waals surface area contributed by atoms with Gasteiger partial charge in [-0.15, -0.1) is 0 Å². The van der Waals surface area contributed by atoms with Gasteiger partial charge in [-0.05, 0) is 26.3 Å². The molecule has 17 heavy (non-hydrogen) atoms. The highest BCUT2D eigenvalue weighted by molar-refractivity contribution is 5.40. The highest BCUT2D eigenvalue weighted by Crippen LogP contribution is 2.12. The summed E-state index contributed by atoms with van der Waals surface area (Å²) in [6.07, 6.45) is 3.90. The average Bonchev–Trinajstić information content (AvgIpc) is 2.73. The molecule has 1 heterocycles. The molecular weight excluding hydrogens is 210 g/mol. The van der Waals surface area contributed by atoms with Crippen molar-refractivity contribution in [3.8, 4) is 0 Å². The minimum absolute atomic E-state index is 0.845. The lowest BCUT2D eigenvalue weighted by atomic mass is 10.1. The molecule has 0 atom stereocenters. The van der Waals surface area contributed by atoms with Crippen LogP contribution in [0.5, 0.6) is 0 Å². The predicted molar refractivity (Wildman–Crippen MR) is 71.1 cm³/mol. The van der Waals surface area contributed by atoms with Crippen LogP contribution in [0.15, 0.2) is 30.6 Å². The Kier molecular flexibility index (Phi) is 3.47. The molecule has 1 aromatic carbocycles. The molecule has 2 aromatic rings. The Morgan fingerprint density at radius 1 is 1.18 bits per heavy atom. The third-order valence-electron chi connectivity index (χ3n) is 2.74. The maximum atomic E-state index is 4.24. The summed E-state index contributed by atoms with van der Waals surface area (Å²) >= 11 is 0. The van der Waals surface area contributed by atoms with Crippen LogP contribution < -0.4 is 5.32 Å². The number of aromatic nitrogens is 2. The molecule has 0 bridgehead atoms. The second-order valence-electron chi connectivity index (χ2n) is 4.43. The van der Waals surface area contributed by atoms with Crippen molar-refractivity contribution < 1.29 is 0 Å². The fourth-order valence-corrected chi connectivity index (χ4v) is 2.00. The van der Waals surface area contributed by atoms with Gasteiger partial charge in [-0.2, -0.15) is 5.10 Å². The Morgan fingerprint density at radius 2 is 1.88 bits per heavy atom. The number of hydrogen-bond donors (Lipinski definition) is 1. The first kappa shape index (κ1) is 11.7.